The van der Waals surface area contributed by atoms with Gasteiger partial charge in [-0.15, -0.1) is 11.3 Å². The van der Waals surface area contributed by atoms with Crippen LogP contribution in [0.4, 0.5) is 4.79 Å². The maximum absolute atomic E-state index is 12.7. The van der Waals surface area contributed by atoms with Gasteiger partial charge in [0.2, 0.25) is 0 Å². The molecule has 2 aromatic heterocycles. The van der Waals surface area contributed by atoms with Gasteiger partial charge in [-0.25, -0.2) is 9.78 Å². The van der Waals surface area contributed by atoms with Crippen LogP contribution >= 0.6 is 11.3 Å². The Kier molecular flexibility index (Phi) is 4.97. The first-order valence-electron chi connectivity index (χ1n) is 7.82. The zero-order chi connectivity index (χ0) is 16.2. The van der Waals surface area contributed by atoms with Gasteiger partial charge in [0.05, 0.1) is 19.3 Å². The lowest BCUT2D eigenvalue weighted by Gasteiger charge is -2.35. The van der Waals surface area contributed by atoms with Crippen LogP contribution in [0.25, 0.3) is 0 Å². The first-order chi connectivity index (χ1) is 11.2. The summed E-state index contributed by atoms with van der Waals surface area (Å²) in [4.78, 5) is 18.7. The number of urea groups is 1. The number of furan rings is 1. The highest BCUT2D eigenvalue weighted by molar-refractivity contribution is 7.09. The average molecular weight is 335 g/mol. The monoisotopic (exact) mass is 335 g/mol. The van der Waals surface area contributed by atoms with Crippen molar-refractivity contribution in [3.8, 4) is 0 Å². The molecule has 1 aliphatic rings. The van der Waals surface area contributed by atoms with Crippen molar-refractivity contribution in [3.05, 3.63) is 40.2 Å². The van der Waals surface area contributed by atoms with E-state index in [9.17, 15) is 4.79 Å². The Labute approximate surface area is 139 Å². The van der Waals surface area contributed by atoms with Crippen molar-refractivity contribution in [2.45, 2.75) is 32.4 Å². The molecule has 1 N–H and O–H groups in total. The van der Waals surface area contributed by atoms with Gasteiger partial charge in [-0.3, -0.25) is 0 Å². The van der Waals surface area contributed by atoms with Crippen LogP contribution in [0.1, 0.15) is 42.5 Å². The molecule has 124 valence electrons. The highest BCUT2D eigenvalue weighted by Crippen LogP contribution is 2.27. The number of hydrogen-bond acceptors (Lipinski definition) is 5. The van der Waals surface area contributed by atoms with Crippen molar-refractivity contribution < 1.29 is 13.9 Å². The third kappa shape index (κ3) is 3.56. The molecule has 1 fully saturated rings. The van der Waals surface area contributed by atoms with E-state index in [-0.39, 0.29) is 18.1 Å². The molecule has 0 radical (unpaired) electrons. The van der Waals surface area contributed by atoms with E-state index in [0.29, 0.717) is 19.8 Å². The van der Waals surface area contributed by atoms with E-state index in [0.717, 1.165) is 22.9 Å². The van der Waals surface area contributed by atoms with Gasteiger partial charge in [0.25, 0.3) is 0 Å². The van der Waals surface area contributed by atoms with Crippen LogP contribution in [0.2, 0.25) is 0 Å². The molecule has 0 spiro atoms. The molecule has 2 aromatic rings. The molecule has 0 unspecified atom stereocenters. The second-order valence-electron chi connectivity index (χ2n) is 5.48. The number of thiazole rings is 1. The number of nitrogens with one attached hydrogen (secondary N) is 1. The Hall–Kier alpha value is -1.86. The Morgan fingerprint density at radius 3 is 3.13 bits per heavy atom. The number of carbonyl (C=O) groups excluding carboxylic acids is 1. The van der Waals surface area contributed by atoms with Gasteiger partial charge in [-0.1, -0.05) is 6.92 Å². The van der Waals surface area contributed by atoms with E-state index in [1.54, 1.807) is 11.1 Å². The number of morpholine rings is 1. The van der Waals surface area contributed by atoms with Gasteiger partial charge in [0.1, 0.15) is 22.6 Å². The molecular weight excluding hydrogens is 314 g/mol. The molecule has 0 saturated carbocycles. The SMILES string of the molecule is CCc1ccc([C@H]2COCCN2C(=O)N[C@@H](C)c2nccs2)o1. The molecular formula is C16H21N3O3S. The number of rotatable bonds is 4. The Bertz CT molecular complexity index is 641. The zero-order valence-electron chi connectivity index (χ0n) is 13.3. The van der Waals surface area contributed by atoms with Gasteiger partial charge in [0, 0.05) is 24.5 Å². The number of aromatic nitrogens is 1. The Morgan fingerprint density at radius 1 is 1.57 bits per heavy atom. The van der Waals surface area contributed by atoms with Crippen LogP contribution < -0.4 is 5.32 Å². The largest absolute Gasteiger partial charge is 0.464 e. The number of nitrogens with zero attached hydrogens (tertiary/aromatic N) is 2. The van der Waals surface area contributed by atoms with E-state index in [1.807, 2.05) is 31.4 Å². The second kappa shape index (κ2) is 7.14. The molecule has 3 rings (SSSR count). The van der Waals surface area contributed by atoms with Gasteiger partial charge < -0.3 is 19.4 Å². The molecule has 1 saturated heterocycles. The predicted molar refractivity (Wildman–Crippen MR) is 87.4 cm³/mol. The highest BCUT2D eigenvalue weighted by atomic mass is 32.1. The number of aryl methyl sites for hydroxylation is 1. The van der Waals surface area contributed by atoms with Crippen LogP contribution in [0.15, 0.2) is 28.1 Å². The molecule has 3 heterocycles. The summed E-state index contributed by atoms with van der Waals surface area (Å²) in [6.45, 7) is 5.52. The molecule has 0 bridgehead atoms. The van der Waals surface area contributed by atoms with E-state index in [4.69, 9.17) is 9.15 Å². The van der Waals surface area contributed by atoms with E-state index in [2.05, 4.69) is 10.3 Å². The topological polar surface area (TPSA) is 67.6 Å². The van der Waals surface area contributed by atoms with E-state index >= 15 is 0 Å². The van der Waals surface area contributed by atoms with E-state index < -0.39 is 0 Å². The van der Waals surface area contributed by atoms with Crippen molar-refractivity contribution in [1.82, 2.24) is 15.2 Å². The normalized spacial score (nSPS) is 19.6. The molecule has 0 aliphatic carbocycles. The average Bonchev–Trinajstić information content (AvgIpc) is 3.26. The summed E-state index contributed by atoms with van der Waals surface area (Å²) >= 11 is 1.54. The van der Waals surface area contributed by atoms with Crippen molar-refractivity contribution in [2.75, 3.05) is 19.8 Å². The molecule has 1 aliphatic heterocycles. The van der Waals surface area contributed by atoms with Gasteiger partial charge in [-0.05, 0) is 19.1 Å². The fourth-order valence-corrected chi connectivity index (χ4v) is 3.27. The standard InChI is InChI=1S/C16H21N3O3S/c1-3-12-4-5-14(22-12)13-10-21-8-7-19(13)16(20)18-11(2)15-17-6-9-23-15/h4-6,9,11,13H,3,7-8,10H2,1-2H3,(H,18,20)/t11-,13+/m0/s1. The van der Waals surface area contributed by atoms with E-state index in [1.165, 1.54) is 11.3 Å². The summed E-state index contributed by atoms with van der Waals surface area (Å²) in [6, 6.07) is 3.47. The maximum Gasteiger partial charge on any atom is 0.318 e. The second-order valence-corrected chi connectivity index (χ2v) is 6.41. The number of carbonyl (C=O) groups is 1. The van der Waals surface area contributed by atoms with Gasteiger partial charge >= 0.3 is 6.03 Å². The first-order valence-corrected chi connectivity index (χ1v) is 8.70. The van der Waals surface area contributed by atoms with Crippen molar-refractivity contribution in [1.29, 1.82) is 0 Å². The van der Waals surface area contributed by atoms with Crippen molar-refractivity contribution in [3.63, 3.8) is 0 Å². The van der Waals surface area contributed by atoms with Gasteiger partial charge in [0.15, 0.2) is 0 Å². The van der Waals surface area contributed by atoms with Crippen LogP contribution in [0.5, 0.6) is 0 Å². The fraction of sp³-hybridized carbons (Fsp3) is 0.500. The van der Waals surface area contributed by atoms with Crippen molar-refractivity contribution in [2.24, 2.45) is 0 Å². The van der Waals surface area contributed by atoms with Gasteiger partial charge in [-0.2, -0.15) is 0 Å². The van der Waals surface area contributed by atoms with Crippen LogP contribution in [0, 0.1) is 0 Å². The summed E-state index contributed by atoms with van der Waals surface area (Å²) in [5.41, 5.74) is 0. The Morgan fingerprint density at radius 2 is 2.43 bits per heavy atom. The minimum Gasteiger partial charge on any atom is -0.464 e. The fourth-order valence-electron chi connectivity index (χ4n) is 2.62. The molecule has 23 heavy (non-hydrogen) atoms. The Balaban J connectivity index is 1.71. The summed E-state index contributed by atoms with van der Waals surface area (Å²) in [5.74, 6) is 1.70. The number of ether oxygens (including phenoxy) is 1. The highest BCUT2D eigenvalue weighted by Gasteiger charge is 2.31. The summed E-state index contributed by atoms with van der Waals surface area (Å²) in [5, 5.41) is 5.82. The minimum atomic E-state index is -0.187. The smallest absolute Gasteiger partial charge is 0.318 e. The number of amides is 2. The molecule has 2 amide bonds. The third-order valence-corrected chi connectivity index (χ3v) is 4.87. The lowest BCUT2D eigenvalue weighted by atomic mass is 10.2. The number of hydrogen-bond donors (Lipinski definition) is 1. The minimum absolute atomic E-state index is 0.115. The zero-order valence-corrected chi connectivity index (χ0v) is 14.1. The summed E-state index contributed by atoms with van der Waals surface area (Å²) < 4.78 is 11.4. The quantitative estimate of drug-likeness (QED) is 0.932. The predicted octanol–water partition coefficient (Wildman–Crippen LogP) is 3.14. The van der Waals surface area contributed by atoms with Crippen LogP contribution in [-0.4, -0.2) is 35.7 Å². The van der Waals surface area contributed by atoms with Crippen molar-refractivity contribution >= 4 is 17.4 Å². The summed E-state index contributed by atoms with van der Waals surface area (Å²) in [6.07, 6.45) is 2.58. The molecule has 7 heteroatoms. The maximum atomic E-state index is 12.7. The summed E-state index contributed by atoms with van der Waals surface area (Å²) in [7, 11) is 0. The van der Waals surface area contributed by atoms with Crippen LogP contribution in [0.3, 0.4) is 0 Å². The lowest BCUT2D eigenvalue weighted by Crippen LogP contribution is -2.48. The molecule has 6 nitrogen and oxygen atoms in total. The molecule has 0 aromatic carbocycles. The first kappa shape index (κ1) is 16.0. The molecule has 2 atom stereocenters. The lowest BCUT2D eigenvalue weighted by molar-refractivity contribution is 0.00350. The third-order valence-electron chi connectivity index (χ3n) is 3.91. The van der Waals surface area contributed by atoms with Crippen LogP contribution in [-0.2, 0) is 11.2 Å².